The molecule has 1 aliphatic carbocycles. The maximum atomic E-state index is 5.69. The van der Waals surface area contributed by atoms with Crippen molar-refractivity contribution in [3.8, 4) is 5.75 Å². The van der Waals surface area contributed by atoms with Crippen molar-refractivity contribution in [2.45, 2.75) is 31.3 Å². The molecular weight excluding hydrogens is 259 g/mol. The second-order valence-corrected chi connectivity index (χ2v) is 5.04. The zero-order valence-electron chi connectivity index (χ0n) is 9.43. The molecular formula is C12H16Cl2N2O. The van der Waals surface area contributed by atoms with Crippen LogP contribution in [0, 0.1) is 5.92 Å². The topological polar surface area (TPSA) is 34.1 Å². The van der Waals surface area contributed by atoms with Crippen molar-refractivity contribution in [1.82, 2.24) is 10.3 Å². The molecule has 2 heterocycles. The summed E-state index contributed by atoms with van der Waals surface area (Å²) < 4.78 is 5.61. The lowest BCUT2D eigenvalue weighted by Crippen LogP contribution is -2.27. The van der Waals surface area contributed by atoms with E-state index >= 15 is 0 Å². The summed E-state index contributed by atoms with van der Waals surface area (Å²) >= 11 is 5.69. The lowest BCUT2D eigenvalue weighted by Gasteiger charge is -2.13. The molecule has 0 bridgehead atoms. The fourth-order valence-electron chi connectivity index (χ4n) is 2.42. The molecule has 1 aromatic rings. The van der Waals surface area contributed by atoms with E-state index in [2.05, 4.69) is 10.3 Å². The third-order valence-corrected chi connectivity index (χ3v) is 3.62. The molecule has 5 heteroatoms. The van der Waals surface area contributed by atoms with Crippen LogP contribution in [0.15, 0.2) is 18.3 Å². The van der Waals surface area contributed by atoms with E-state index in [4.69, 9.17) is 16.3 Å². The van der Waals surface area contributed by atoms with Crippen molar-refractivity contribution >= 4 is 24.0 Å². The van der Waals surface area contributed by atoms with Gasteiger partial charge in [0.25, 0.3) is 0 Å². The van der Waals surface area contributed by atoms with Crippen molar-refractivity contribution in [3.05, 3.63) is 23.5 Å². The number of piperidine rings is 1. The Morgan fingerprint density at radius 3 is 2.94 bits per heavy atom. The first-order valence-corrected chi connectivity index (χ1v) is 6.19. The molecule has 3 atom stereocenters. The van der Waals surface area contributed by atoms with E-state index in [1.54, 1.807) is 12.3 Å². The summed E-state index contributed by atoms with van der Waals surface area (Å²) in [5.74, 6) is 1.76. The lowest BCUT2D eigenvalue weighted by molar-refractivity contribution is 0.286. The smallest absolute Gasteiger partial charge is 0.137 e. The minimum absolute atomic E-state index is 0. The van der Waals surface area contributed by atoms with Crippen molar-refractivity contribution in [2.75, 3.05) is 6.61 Å². The van der Waals surface area contributed by atoms with Crippen LogP contribution in [0.3, 0.4) is 0 Å². The number of nitrogens with one attached hydrogen (secondary N) is 1. The van der Waals surface area contributed by atoms with Gasteiger partial charge in [-0.2, -0.15) is 0 Å². The maximum Gasteiger partial charge on any atom is 0.137 e. The summed E-state index contributed by atoms with van der Waals surface area (Å²) in [6.07, 6.45) is 5.46. The Hall–Kier alpha value is -0.510. The molecule has 1 N–H and O–H groups in total. The van der Waals surface area contributed by atoms with Crippen LogP contribution in [0.1, 0.15) is 19.3 Å². The number of aromatic nitrogens is 1. The van der Waals surface area contributed by atoms with Crippen LogP contribution >= 0.6 is 24.0 Å². The summed E-state index contributed by atoms with van der Waals surface area (Å²) in [7, 11) is 0. The zero-order chi connectivity index (χ0) is 11.0. The van der Waals surface area contributed by atoms with Crippen molar-refractivity contribution < 1.29 is 4.74 Å². The zero-order valence-corrected chi connectivity index (χ0v) is 11.0. The molecule has 94 valence electrons. The van der Waals surface area contributed by atoms with E-state index in [1.807, 2.05) is 6.07 Å². The standard InChI is InChI=1S/C12H15ClN2O.ClH/c13-12-2-1-10(7-14-12)16-4-3-9-5-8-6-11(8)15-9;/h1-2,7-9,11,15H,3-6H2;1H/t8-,9+,11+;/m0./s1. The first-order chi connectivity index (χ1) is 7.81. The predicted octanol–water partition coefficient (Wildman–Crippen LogP) is 2.68. The van der Waals surface area contributed by atoms with Gasteiger partial charge in [-0.3, -0.25) is 0 Å². The molecule has 1 aromatic heterocycles. The summed E-state index contributed by atoms with van der Waals surface area (Å²) in [4.78, 5) is 3.97. The molecule has 0 radical (unpaired) electrons. The van der Waals surface area contributed by atoms with E-state index in [-0.39, 0.29) is 12.4 Å². The molecule has 1 saturated carbocycles. The van der Waals surface area contributed by atoms with Crippen LogP contribution < -0.4 is 10.1 Å². The Labute approximate surface area is 112 Å². The highest BCUT2D eigenvalue weighted by Gasteiger charge is 2.45. The number of nitrogens with zero attached hydrogens (tertiary/aromatic N) is 1. The van der Waals surface area contributed by atoms with E-state index in [0.717, 1.165) is 30.7 Å². The third-order valence-electron chi connectivity index (χ3n) is 3.39. The summed E-state index contributed by atoms with van der Waals surface area (Å²) in [6.45, 7) is 0.750. The first kappa shape index (κ1) is 12.9. The fourth-order valence-corrected chi connectivity index (χ4v) is 2.53. The highest BCUT2D eigenvalue weighted by Crippen LogP contribution is 2.41. The van der Waals surface area contributed by atoms with Gasteiger partial charge >= 0.3 is 0 Å². The Morgan fingerprint density at radius 2 is 2.29 bits per heavy atom. The van der Waals surface area contributed by atoms with Crippen LogP contribution in [-0.2, 0) is 0 Å². The number of pyridine rings is 1. The van der Waals surface area contributed by atoms with E-state index in [9.17, 15) is 0 Å². The second kappa shape index (κ2) is 5.42. The molecule has 0 amide bonds. The lowest BCUT2D eigenvalue weighted by atomic mass is 10.1. The molecule has 1 aliphatic heterocycles. The fraction of sp³-hybridized carbons (Fsp3) is 0.583. The van der Waals surface area contributed by atoms with E-state index in [0.29, 0.717) is 11.2 Å². The highest BCUT2D eigenvalue weighted by molar-refractivity contribution is 6.29. The van der Waals surface area contributed by atoms with Crippen LogP contribution in [0.2, 0.25) is 5.15 Å². The van der Waals surface area contributed by atoms with Gasteiger partial charge in [0, 0.05) is 12.1 Å². The number of hydrogen-bond donors (Lipinski definition) is 1. The number of halogens is 2. The van der Waals surface area contributed by atoms with Gasteiger partial charge in [-0.25, -0.2) is 4.98 Å². The van der Waals surface area contributed by atoms with Gasteiger partial charge < -0.3 is 10.1 Å². The Balaban J connectivity index is 0.00000108. The number of hydrogen-bond acceptors (Lipinski definition) is 3. The Bertz CT molecular complexity index is 361. The third kappa shape index (κ3) is 3.24. The SMILES string of the molecule is Cl.Clc1ccc(OCC[C@@H]2C[C@H]3C[C@H]3N2)cn1. The monoisotopic (exact) mass is 274 g/mol. The summed E-state index contributed by atoms with van der Waals surface area (Å²) in [5, 5.41) is 4.11. The Morgan fingerprint density at radius 1 is 1.41 bits per heavy atom. The van der Waals surface area contributed by atoms with Crippen LogP contribution in [0.5, 0.6) is 5.75 Å². The van der Waals surface area contributed by atoms with Gasteiger partial charge in [0.2, 0.25) is 0 Å². The number of ether oxygens (including phenoxy) is 1. The van der Waals surface area contributed by atoms with Crippen molar-refractivity contribution in [1.29, 1.82) is 0 Å². The molecule has 3 nitrogen and oxygen atoms in total. The average molecular weight is 275 g/mol. The maximum absolute atomic E-state index is 5.69. The summed E-state index contributed by atoms with van der Waals surface area (Å²) in [6, 6.07) is 5.08. The molecule has 0 unspecified atom stereocenters. The van der Waals surface area contributed by atoms with Gasteiger partial charge in [-0.05, 0) is 37.3 Å². The van der Waals surface area contributed by atoms with Crippen LogP contribution in [0.25, 0.3) is 0 Å². The molecule has 1 saturated heterocycles. The minimum atomic E-state index is 0. The average Bonchev–Trinajstić information content (AvgIpc) is 2.90. The highest BCUT2D eigenvalue weighted by atomic mass is 35.5. The predicted molar refractivity (Wildman–Crippen MR) is 70.0 cm³/mol. The molecule has 0 aromatic carbocycles. The van der Waals surface area contributed by atoms with Crippen molar-refractivity contribution in [3.63, 3.8) is 0 Å². The van der Waals surface area contributed by atoms with Gasteiger partial charge in [-0.1, -0.05) is 11.6 Å². The van der Waals surface area contributed by atoms with Gasteiger partial charge in [0.1, 0.15) is 10.9 Å². The normalized spacial score (nSPS) is 29.4. The quantitative estimate of drug-likeness (QED) is 0.858. The molecule has 2 aliphatic rings. The van der Waals surface area contributed by atoms with Gasteiger partial charge in [-0.15, -0.1) is 12.4 Å². The largest absolute Gasteiger partial charge is 0.492 e. The van der Waals surface area contributed by atoms with E-state index in [1.165, 1.54) is 12.8 Å². The summed E-state index contributed by atoms with van der Waals surface area (Å²) in [5.41, 5.74) is 0. The van der Waals surface area contributed by atoms with Gasteiger partial charge in [0.15, 0.2) is 0 Å². The Kier molecular flexibility index (Phi) is 4.13. The van der Waals surface area contributed by atoms with Crippen molar-refractivity contribution in [2.24, 2.45) is 5.92 Å². The minimum Gasteiger partial charge on any atom is -0.492 e. The first-order valence-electron chi connectivity index (χ1n) is 5.81. The van der Waals surface area contributed by atoms with Crippen LogP contribution in [0.4, 0.5) is 0 Å². The number of rotatable bonds is 4. The second-order valence-electron chi connectivity index (χ2n) is 4.66. The molecule has 0 spiro atoms. The van der Waals surface area contributed by atoms with E-state index < -0.39 is 0 Å². The molecule has 2 fully saturated rings. The molecule has 17 heavy (non-hydrogen) atoms. The van der Waals surface area contributed by atoms with Crippen LogP contribution in [-0.4, -0.2) is 23.7 Å². The number of fused-ring (bicyclic) bond motifs is 1. The molecule has 3 rings (SSSR count). The van der Waals surface area contributed by atoms with Gasteiger partial charge in [0.05, 0.1) is 12.8 Å².